The first kappa shape index (κ1) is 15.0. The van der Waals surface area contributed by atoms with Gasteiger partial charge in [0.15, 0.2) is 9.84 Å². The van der Waals surface area contributed by atoms with E-state index in [2.05, 4.69) is 0 Å². The molecule has 0 aliphatic heterocycles. The van der Waals surface area contributed by atoms with Gasteiger partial charge in [0.2, 0.25) is 0 Å². The molecule has 1 saturated carbocycles. The molecule has 0 spiro atoms. The van der Waals surface area contributed by atoms with E-state index in [0.717, 1.165) is 12.0 Å². The maximum absolute atomic E-state index is 12.7. The highest BCUT2D eigenvalue weighted by atomic mass is 32.2. The fourth-order valence-electron chi connectivity index (χ4n) is 2.72. The second kappa shape index (κ2) is 5.95. The van der Waals surface area contributed by atoms with E-state index in [1.165, 1.54) is 0 Å². The summed E-state index contributed by atoms with van der Waals surface area (Å²) in [6.45, 7) is 3.93. The lowest BCUT2D eigenvalue weighted by atomic mass is 10.1. The minimum atomic E-state index is -3.47. The van der Waals surface area contributed by atoms with Gasteiger partial charge in [-0.2, -0.15) is 0 Å². The van der Waals surface area contributed by atoms with Gasteiger partial charge in [0, 0.05) is 0 Å². The molecular formula is C15H20O4S. The van der Waals surface area contributed by atoms with Crippen LogP contribution < -0.4 is 0 Å². The van der Waals surface area contributed by atoms with E-state index < -0.39 is 21.0 Å². The lowest BCUT2D eigenvalue weighted by Gasteiger charge is -2.18. The van der Waals surface area contributed by atoms with Crippen LogP contribution in [0, 0.1) is 12.8 Å². The number of rotatable bonds is 4. The average molecular weight is 296 g/mol. The Kier molecular flexibility index (Phi) is 4.48. The normalized spacial score (nSPS) is 22.7. The molecule has 2 atom stereocenters. The van der Waals surface area contributed by atoms with Gasteiger partial charge in [-0.15, -0.1) is 0 Å². The Morgan fingerprint density at radius 3 is 2.50 bits per heavy atom. The Hall–Kier alpha value is -1.36. The lowest BCUT2D eigenvalue weighted by molar-refractivity contribution is -0.147. The number of sulfone groups is 1. The van der Waals surface area contributed by atoms with Crippen molar-refractivity contribution in [3.8, 4) is 0 Å². The third-order valence-corrected chi connectivity index (χ3v) is 6.08. The quantitative estimate of drug-likeness (QED) is 0.801. The molecular weight excluding hydrogens is 276 g/mol. The van der Waals surface area contributed by atoms with Crippen molar-refractivity contribution < 1.29 is 17.9 Å². The second-order valence-corrected chi connectivity index (χ2v) is 7.35. The van der Waals surface area contributed by atoms with Crippen molar-refractivity contribution in [1.29, 1.82) is 0 Å². The van der Waals surface area contributed by atoms with Crippen molar-refractivity contribution in [2.45, 2.75) is 43.3 Å². The number of hydrogen-bond donors (Lipinski definition) is 0. The molecule has 0 heterocycles. The highest BCUT2D eigenvalue weighted by Crippen LogP contribution is 2.35. The first-order chi connectivity index (χ1) is 9.46. The summed E-state index contributed by atoms with van der Waals surface area (Å²) in [6.07, 6.45) is 1.87. The molecule has 110 valence electrons. The average Bonchev–Trinajstić information content (AvgIpc) is 2.89. The van der Waals surface area contributed by atoms with Crippen molar-refractivity contribution in [3.05, 3.63) is 29.8 Å². The number of ether oxygens (including phenoxy) is 1. The van der Waals surface area contributed by atoms with E-state index >= 15 is 0 Å². The van der Waals surface area contributed by atoms with Crippen LogP contribution in [-0.2, 0) is 19.4 Å². The molecule has 1 aliphatic rings. The van der Waals surface area contributed by atoms with Crippen LogP contribution >= 0.6 is 0 Å². The number of benzene rings is 1. The molecule has 0 bridgehead atoms. The summed E-state index contributed by atoms with van der Waals surface area (Å²) in [5, 5.41) is -0.649. The first-order valence-electron chi connectivity index (χ1n) is 6.94. The summed E-state index contributed by atoms with van der Waals surface area (Å²) in [4.78, 5) is 12.2. The Bertz CT molecular complexity index is 574. The number of esters is 1. The van der Waals surface area contributed by atoms with Crippen molar-refractivity contribution in [3.63, 3.8) is 0 Å². The SMILES string of the molecule is CCOC(=O)[C@@H]1CCC[C@@H]1S(=O)(=O)c1ccc(C)cc1. The smallest absolute Gasteiger partial charge is 0.310 e. The summed E-state index contributed by atoms with van der Waals surface area (Å²) in [5.41, 5.74) is 1.01. The zero-order valence-corrected chi connectivity index (χ0v) is 12.7. The highest BCUT2D eigenvalue weighted by Gasteiger charge is 2.42. The lowest BCUT2D eigenvalue weighted by Crippen LogP contribution is -2.32. The van der Waals surface area contributed by atoms with Gasteiger partial charge in [0.25, 0.3) is 0 Å². The number of hydrogen-bond acceptors (Lipinski definition) is 4. The molecule has 4 nitrogen and oxygen atoms in total. The Morgan fingerprint density at radius 2 is 1.90 bits per heavy atom. The molecule has 1 aliphatic carbocycles. The number of carbonyl (C=O) groups excluding carboxylic acids is 1. The third-order valence-electron chi connectivity index (χ3n) is 3.79. The summed E-state index contributed by atoms with van der Waals surface area (Å²) in [6, 6.07) is 6.79. The van der Waals surface area contributed by atoms with E-state index in [9.17, 15) is 13.2 Å². The molecule has 0 radical (unpaired) electrons. The van der Waals surface area contributed by atoms with Crippen molar-refractivity contribution in [2.75, 3.05) is 6.61 Å². The van der Waals surface area contributed by atoms with E-state index in [1.807, 2.05) is 6.92 Å². The van der Waals surface area contributed by atoms with Crippen LogP contribution in [0.5, 0.6) is 0 Å². The van der Waals surface area contributed by atoms with E-state index in [4.69, 9.17) is 4.74 Å². The zero-order chi connectivity index (χ0) is 14.8. The fourth-order valence-corrected chi connectivity index (χ4v) is 4.74. The standard InChI is InChI=1S/C15H20O4S/c1-3-19-15(16)13-5-4-6-14(13)20(17,18)12-9-7-11(2)8-10-12/h7-10,13-14H,3-6H2,1-2H3/t13-,14+/m1/s1. The topological polar surface area (TPSA) is 60.4 Å². The largest absolute Gasteiger partial charge is 0.466 e. The number of carbonyl (C=O) groups is 1. The van der Waals surface area contributed by atoms with Gasteiger partial charge >= 0.3 is 5.97 Å². The molecule has 1 aromatic carbocycles. The molecule has 5 heteroatoms. The molecule has 1 fully saturated rings. The summed E-state index contributed by atoms with van der Waals surface area (Å²) in [7, 11) is -3.47. The second-order valence-electron chi connectivity index (χ2n) is 5.19. The predicted molar refractivity (Wildman–Crippen MR) is 76.1 cm³/mol. The van der Waals surface area contributed by atoms with Crippen molar-refractivity contribution in [1.82, 2.24) is 0 Å². The zero-order valence-electron chi connectivity index (χ0n) is 11.8. The minimum absolute atomic E-state index is 0.284. The third kappa shape index (κ3) is 2.87. The van der Waals surface area contributed by atoms with Crippen molar-refractivity contribution in [2.24, 2.45) is 5.92 Å². The van der Waals surface area contributed by atoms with Crippen LogP contribution in [0.25, 0.3) is 0 Å². The van der Waals surface area contributed by atoms with Crippen LogP contribution in [0.15, 0.2) is 29.2 Å². The fraction of sp³-hybridized carbons (Fsp3) is 0.533. The molecule has 0 amide bonds. The molecule has 0 aromatic heterocycles. The predicted octanol–water partition coefficient (Wildman–Crippen LogP) is 2.50. The van der Waals surface area contributed by atoms with Gasteiger partial charge < -0.3 is 4.74 Å². The first-order valence-corrected chi connectivity index (χ1v) is 8.48. The van der Waals surface area contributed by atoms with Gasteiger partial charge in [-0.1, -0.05) is 24.1 Å². The Balaban J connectivity index is 2.28. The summed E-state index contributed by atoms with van der Waals surface area (Å²) >= 11 is 0. The molecule has 1 aromatic rings. The van der Waals surface area contributed by atoms with E-state index in [0.29, 0.717) is 17.7 Å². The number of aryl methyl sites for hydroxylation is 1. The Labute approximate surface area is 120 Å². The van der Waals surface area contributed by atoms with Crippen LogP contribution in [0.3, 0.4) is 0 Å². The van der Waals surface area contributed by atoms with Crippen LogP contribution in [-0.4, -0.2) is 26.2 Å². The minimum Gasteiger partial charge on any atom is -0.466 e. The van der Waals surface area contributed by atoms with E-state index in [1.54, 1.807) is 31.2 Å². The molecule has 0 unspecified atom stereocenters. The molecule has 0 N–H and O–H groups in total. The van der Waals surface area contributed by atoms with Crippen LogP contribution in [0.2, 0.25) is 0 Å². The van der Waals surface area contributed by atoms with Crippen LogP contribution in [0.4, 0.5) is 0 Å². The van der Waals surface area contributed by atoms with Gasteiger partial charge in [-0.25, -0.2) is 8.42 Å². The highest BCUT2D eigenvalue weighted by molar-refractivity contribution is 7.92. The molecule has 20 heavy (non-hydrogen) atoms. The van der Waals surface area contributed by atoms with Gasteiger partial charge in [-0.05, 0) is 38.8 Å². The maximum Gasteiger partial charge on any atom is 0.310 e. The van der Waals surface area contributed by atoms with Gasteiger partial charge in [-0.3, -0.25) is 4.79 Å². The summed E-state index contributed by atoms with van der Waals surface area (Å²) < 4.78 is 30.3. The van der Waals surface area contributed by atoms with E-state index in [-0.39, 0.29) is 12.6 Å². The Morgan fingerprint density at radius 1 is 1.25 bits per heavy atom. The van der Waals surface area contributed by atoms with Crippen LogP contribution in [0.1, 0.15) is 31.7 Å². The van der Waals surface area contributed by atoms with Crippen molar-refractivity contribution >= 4 is 15.8 Å². The van der Waals surface area contributed by atoms with Gasteiger partial charge in [0.1, 0.15) is 0 Å². The molecule has 2 rings (SSSR count). The maximum atomic E-state index is 12.7. The van der Waals surface area contributed by atoms with Gasteiger partial charge in [0.05, 0.1) is 22.7 Å². The molecule has 0 saturated heterocycles. The summed E-state index contributed by atoms with van der Waals surface area (Å²) in [5.74, 6) is -0.910. The monoisotopic (exact) mass is 296 g/mol.